The summed E-state index contributed by atoms with van der Waals surface area (Å²) in [5, 5.41) is 1.88. The molecule has 0 N–H and O–H groups in total. The Labute approximate surface area is 170 Å². The molecule has 1 aromatic heterocycles. The summed E-state index contributed by atoms with van der Waals surface area (Å²) in [4.78, 5) is 0. The van der Waals surface area contributed by atoms with Crippen LogP contribution in [-0.2, 0) is 6.54 Å². The minimum Gasteiger partial charge on any atom is -0.497 e. The Hall–Kier alpha value is -1.24. The molecular formula is C19H19Br2N2OS+. The number of fused-ring (bicyclic) bond motifs is 1. The number of hydrogen-bond donors (Lipinski definition) is 0. The van der Waals surface area contributed by atoms with E-state index in [0.29, 0.717) is 5.25 Å². The zero-order chi connectivity index (χ0) is 16.7. The van der Waals surface area contributed by atoms with Gasteiger partial charge in [-0.05, 0) is 67.2 Å². The molecule has 130 valence electrons. The van der Waals surface area contributed by atoms with Crippen LogP contribution in [0.4, 0.5) is 0 Å². The first-order valence-electron chi connectivity index (χ1n) is 7.88. The lowest BCUT2D eigenvalue weighted by molar-refractivity contribution is -0.725. The van der Waals surface area contributed by atoms with Crippen LogP contribution in [0.25, 0.3) is 16.9 Å². The van der Waals surface area contributed by atoms with Gasteiger partial charge in [-0.15, -0.1) is 17.0 Å². The number of hydrogen-bond acceptors (Lipinski definition) is 2. The smallest absolute Gasteiger partial charge is 0.324 e. The van der Waals surface area contributed by atoms with Crippen molar-refractivity contribution in [3.05, 3.63) is 59.2 Å². The molecule has 4 rings (SSSR count). The standard InChI is InChI=1S/C19H18BrN2OS.BrH/c1-13-11-21-12-18(14-3-5-15(20)6-4-14)22(19(21)24-13)16-7-9-17(23-2)10-8-16;/h3-10,12-13H,11H2,1-2H3;1H/q+1;. The van der Waals surface area contributed by atoms with Gasteiger partial charge in [-0.3, -0.25) is 0 Å². The van der Waals surface area contributed by atoms with Gasteiger partial charge in [0.05, 0.1) is 12.4 Å². The maximum atomic E-state index is 5.30. The van der Waals surface area contributed by atoms with Crippen LogP contribution in [0.15, 0.2) is 64.4 Å². The second kappa shape index (κ2) is 7.56. The van der Waals surface area contributed by atoms with E-state index < -0.39 is 0 Å². The van der Waals surface area contributed by atoms with Crippen molar-refractivity contribution in [2.45, 2.75) is 23.9 Å². The van der Waals surface area contributed by atoms with Crippen molar-refractivity contribution < 1.29 is 9.30 Å². The molecule has 0 fully saturated rings. The van der Waals surface area contributed by atoms with Gasteiger partial charge < -0.3 is 4.74 Å². The second-order valence-electron chi connectivity index (χ2n) is 5.92. The molecule has 0 radical (unpaired) electrons. The molecule has 1 aliphatic heterocycles. The third-order valence-corrected chi connectivity index (χ3v) is 5.90. The van der Waals surface area contributed by atoms with Crippen molar-refractivity contribution in [1.29, 1.82) is 0 Å². The van der Waals surface area contributed by atoms with Crippen LogP contribution in [0.5, 0.6) is 5.75 Å². The molecule has 0 spiro atoms. The highest BCUT2D eigenvalue weighted by Crippen LogP contribution is 2.35. The predicted octanol–water partition coefficient (Wildman–Crippen LogP) is 5.28. The lowest BCUT2D eigenvalue weighted by atomic mass is 10.1. The summed E-state index contributed by atoms with van der Waals surface area (Å²) in [5.41, 5.74) is 3.58. The largest absolute Gasteiger partial charge is 0.497 e. The lowest BCUT2D eigenvalue weighted by Crippen LogP contribution is -2.32. The maximum absolute atomic E-state index is 5.30. The fourth-order valence-corrected chi connectivity index (χ4v) is 4.47. The van der Waals surface area contributed by atoms with Gasteiger partial charge in [-0.1, -0.05) is 15.9 Å². The molecule has 0 saturated carbocycles. The van der Waals surface area contributed by atoms with Gasteiger partial charge in [0, 0.05) is 10.0 Å². The van der Waals surface area contributed by atoms with Gasteiger partial charge in [0.15, 0.2) is 5.69 Å². The molecule has 3 nitrogen and oxygen atoms in total. The van der Waals surface area contributed by atoms with Crippen molar-refractivity contribution in [2.75, 3.05) is 7.11 Å². The van der Waals surface area contributed by atoms with E-state index in [9.17, 15) is 0 Å². The third kappa shape index (κ3) is 3.52. The average Bonchev–Trinajstić information content (AvgIpc) is 3.11. The highest BCUT2D eigenvalue weighted by Gasteiger charge is 2.34. The first-order valence-corrected chi connectivity index (χ1v) is 9.55. The first-order chi connectivity index (χ1) is 11.7. The summed E-state index contributed by atoms with van der Waals surface area (Å²) in [6.07, 6.45) is 2.26. The Morgan fingerprint density at radius 2 is 1.80 bits per heavy atom. The Morgan fingerprint density at radius 1 is 1.12 bits per heavy atom. The number of thioether (sulfide) groups is 1. The molecular weight excluding hydrogens is 464 g/mol. The van der Waals surface area contributed by atoms with Crippen LogP contribution < -0.4 is 9.30 Å². The normalized spacial score (nSPS) is 15.6. The zero-order valence-corrected chi connectivity index (χ0v) is 18.1. The second-order valence-corrected chi connectivity index (χ2v) is 8.24. The highest BCUT2D eigenvalue weighted by molar-refractivity contribution is 9.10. The van der Waals surface area contributed by atoms with Crippen molar-refractivity contribution in [1.82, 2.24) is 4.57 Å². The van der Waals surface area contributed by atoms with E-state index >= 15 is 0 Å². The molecule has 25 heavy (non-hydrogen) atoms. The summed E-state index contributed by atoms with van der Waals surface area (Å²) >= 11 is 5.45. The van der Waals surface area contributed by atoms with Crippen LogP contribution in [0.3, 0.4) is 0 Å². The van der Waals surface area contributed by atoms with Crippen molar-refractivity contribution in [3.8, 4) is 22.7 Å². The zero-order valence-electron chi connectivity index (χ0n) is 14.0. The summed E-state index contributed by atoms with van der Waals surface area (Å²) < 4.78 is 11.1. The Bertz CT molecular complexity index is 876. The highest BCUT2D eigenvalue weighted by atomic mass is 79.9. The Morgan fingerprint density at radius 3 is 2.44 bits per heavy atom. The van der Waals surface area contributed by atoms with Crippen molar-refractivity contribution >= 4 is 44.7 Å². The fourth-order valence-electron chi connectivity index (χ4n) is 3.04. The van der Waals surface area contributed by atoms with E-state index in [1.54, 1.807) is 7.11 Å². The van der Waals surface area contributed by atoms with E-state index in [1.165, 1.54) is 16.4 Å². The molecule has 1 atom stereocenters. The number of benzene rings is 2. The van der Waals surface area contributed by atoms with Crippen LogP contribution in [0, 0.1) is 0 Å². The first kappa shape index (κ1) is 18.5. The van der Waals surface area contributed by atoms with E-state index in [2.05, 4.69) is 74.6 Å². The van der Waals surface area contributed by atoms with E-state index in [0.717, 1.165) is 22.5 Å². The summed E-state index contributed by atoms with van der Waals surface area (Å²) in [7, 11) is 1.70. The van der Waals surface area contributed by atoms with Gasteiger partial charge >= 0.3 is 5.16 Å². The molecule has 0 saturated heterocycles. The van der Waals surface area contributed by atoms with Crippen LogP contribution in [0.2, 0.25) is 0 Å². The van der Waals surface area contributed by atoms with Crippen molar-refractivity contribution in [2.24, 2.45) is 0 Å². The molecule has 2 heterocycles. The van der Waals surface area contributed by atoms with E-state index in [-0.39, 0.29) is 17.0 Å². The van der Waals surface area contributed by atoms with Crippen LogP contribution >= 0.6 is 44.7 Å². The number of nitrogens with zero attached hydrogens (tertiary/aromatic N) is 2. The van der Waals surface area contributed by atoms with Gasteiger partial charge in [0.25, 0.3) is 0 Å². The quantitative estimate of drug-likeness (QED) is 0.473. The maximum Gasteiger partial charge on any atom is 0.324 e. The van der Waals surface area contributed by atoms with Crippen LogP contribution in [0.1, 0.15) is 6.92 Å². The fraction of sp³-hybridized carbons (Fsp3) is 0.211. The Kier molecular flexibility index (Phi) is 5.61. The SMILES string of the molecule is Br.COc1ccc(-n2c(-c3ccc(Br)cc3)c[n+]3c2SC(C)C3)cc1. The summed E-state index contributed by atoms with van der Waals surface area (Å²) in [5.74, 6) is 0.876. The number of halogens is 2. The van der Waals surface area contributed by atoms with Gasteiger partial charge in [-0.25, -0.2) is 4.57 Å². The third-order valence-electron chi connectivity index (χ3n) is 4.19. The molecule has 2 aromatic carbocycles. The predicted molar refractivity (Wildman–Crippen MR) is 111 cm³/mol. The number of ether oxygens (including phenoxy) is 1. The summed E-state index contributed by atoms with van der Waals surface area (Å²) in [6, 6.07) is 16.8. The monoisotopic (exact) mass is 481 g/mol. The van der Waals surface area contributed by atoms with E-state index in [4.69, 9.17) is 4.74 Å². The van der Waals surface area contributed by atoms with Gasteiger partial charge in [0.1, 0.15) is 24.2 Å². The van der Waals surface area contributed by atoms with E-state index in [1.807, 2.05) is 23.9 Å². The number of rotatable bonds is 3. The number of methoxy groups -OCH3 is 1. The topological polar surface area (TPSA) is 18.0 Å². The molecule has 0 amide bonds. The molecule has 6 heteroatoms. The minimum absolute atomic E-state index is 0. The molecule has 1 aliphatic rings. The number of imidazole rings is 1. The number of aromatic nitrogens is 2. The minimum atomic E-state index is 0. The molecule has 1 unspecified atom stereocenters. The molecule has 3 aromatic rings. The summed E-state index contributed by atoms with van der Waals surface area (Å²) in [6.45, 7) is 3.32. The van der Waals surface area contributed by atoms with Crippen molar-refractivity contribution in [3.63, 3.8) is 0 Å². The average molecular weight is 483 g/mol. The Balaban J connectivity index is 0.00000182. The lowest BCUT2D eigenvalue weighted by Gasteiger charge is -2.06. The molecule has 0 aliphatic carbocycles. The van der Waals surface area contributed by atoms with Gasteiger partial charge in [-0.2, -0.15) is 4.57 Å². The molecule has 0 bridgehead atoms. The van der Waals surface area contributed by atoms with Gasteiger partial charge in [0.2, 0.25) is 0 Å². The van der Waals surface area contributed by atoms with Crippen LogP contribution in [-0.4, -0.2) is 16.9 Å².